The molecule has 0 amide bonds. The fourth-order valence-electron chi connectivity index (χ4n) is 3.72. The number of hydrogen-bond acceptors (Lipinski definition) is 1. The molecule has 2 heteroatoms. The SMILES string of the molecule is Fc1ccc(Cc2ccc(C3=CCN(CC=Cc4ccccc4)CC3)cc2)cc1. The summed E-state index contributed by atoms with van der Waals surface area (Å²) < 4.78 is 13.0. The van der Waals surface area contributed by atoms with Gasteiger partial charge >= 0.3 is 0 Å². The van der Waals surface area contributed by atoms with E-state index in [1.54, 1.807) is 0 Å². The topological polar surface area (TPSA) is 3.24 Å². The van der Waals surface area contributed by atoms with Crippen LogP contribution in [0.3, 0.4) is 0 Å². The Bertz CT molecular complexity index is 969. The minimum atomic E-state index is -0.182. The van der Waals surface area contributed by atoms with Gasteiger partial charge in [0.25, 0.3) is 0 Å². The van der Waals surface area contributed by atoms with Crippen molar-refractivity contribution in [3.05, 3.63) is 119 Å². The van der Waals surface area contributed by atoms with Crippen LogP contribution < -0.4 is 0 Å². The van der Waals surface area contributed by atoms with E-state index >= 15 is 0 Å². The molecule has 0 unspecified atom stereocenters. The summed E-state index contributed by atoms with van der Waals surface area (Å²) in [6.45, 7) is 3.06. The summed E-state index contributed by atoms with van der Waals surface area (Å²) in [5.41, 5.74) is 6.38. The highest BCUT2D eigenvalue weighted by Crippen LogP contribution is 2.23. The van der Waals surface area contributed by atoms with Crippen LogP contribution in [0.25, 0.3) is 11.6 Å². The Morgan fingerprint density at radius 2 is 1.52 bits per heavy atom. The third-order valence-electron chi connectivity index (χ3n) is 5.41. The molecule has 0 radical (unpaired) electrons. The molecule has 0 fully saturated rings. The average Bonchev–Trinajstić information content (AvgIpc) is 2.77. The lowest BCUT2D eigenvalue weighted by molar-refractivity contribution is 0.335. The van der Waals surface area contributed by atoms with Crippen molar-refractivity contribution in [2.45, 2.75) is 12.8 Å². The average molecular weight is 384 g/mol. The van der Waals surface area contributed by atoms with Gasteiger partial charge in [-0.1, -0.05) is 85.0 Å². The van der Waals surface area contributed by atoms with E-state index in [9.17, 15) is 4.39 Å². The van der Waals surface area contributed by atoms with Crippen LogP contribution >= 0.6 is 0 Å². The van der Waals surface area contributed by atoms with E-state index in [4.69, 9.17) is 0 Å². The first-order valence-electron chi connectivity index (χ1n) is 10.2. The summed E-state index contributed by atoms with van der Waals surface area (Å²) in [6, 6.07) is 26.0. The maximum absolute atomic E-state index is 13.0. The highest BCUT2D eigenvalue weighted by Gasteiger charge is 2.11. The van der Waals surface area contributed by atoms with Gasteiger partial charge in [0.05, 0.1) is 0 Å². The predicted octanol–water partition coefficient (Wildman–Crippen LogP) is 6.22. The molecule has 3 aromatic carbocycles. The largest absolute Gasteiger partial charge is 0.296 e. The number of nitrogens with zero attached hydrogens (tertiary/aromatic N) is 1. The van der Waals surface area contributed by atoms with Crippen molar-refractivity contribution in [1.29, 1.82) is 0 Å². The van der Waals surface area contributed by atoms with Crippen LogP contribution in [-0.4, -0.2) is 24.5 Å². The lowest BCUT2D eigenvalue weighted by Gasteiger charge is -2.25. The molecular weight excluding hydrogens is 357 g/mol. The second-order valence-electron chi connectivity index (χ2n) is 7.55. The second-order valence-corrected chi connectivity index (χ2v) is 7.55. The van der Waals surface area contributed by atoms with E-state index in [-0.39, 0.29) is 5.82 Å². The first kappa shape index (κ1) is 19.4. The van der Waals surface area contributed by atoms with Crippen LogP contribution in [0.1, 0.15) is 28.7 Å². The van der Waals surface area contributed by atoms with Gasteiger partial charge in [-0.15, -0.1) is 0 Å². The fraction of sp³-hybridized carbons (Fsp3) is 0.185. The monoisotopic (exact) mass is 383 g/mol. The molecular formula is C27H26FN. The van der Waals surface area contributed by atoms with Crippen molar-refractivity contribution in [3.63, 3.8) is 0 Å². The van der Waals surface area contributed by atoms with Crippen LogP contribution in [0.4, 0.5) is 4.39 Å². The maximum atomic E-state index is 13.0. The third kappa shape index (κ3) is 5.52. The van der Waals surface area contributed by atoms with Gasteiger partial charge < -0.3 is 0 Å². The molecule has 4 rings (SSSR count). The summed E-state index contributed by atoms with van der Waals surface area (Å²) in [5, 5.41) is 0. The van der Waals surface area contributed by atoms with Gasteiger partial charge in [0.15, 0.2) is 0 Å². The second kappa shape index (κ2) is 9.49. The molecule has 1 nitrogen and oxygen atoms in total. The van der Waals surface area contributed by atoms with Gasteiger partial charge in [0.1, 0.15) is 5.82 Å². The first-order chi connectivity index (χ1) is 14.3. The lowest BCUT2D eigenvalue weighted by Crippen LogP contribution is -2.28. The van der Waals surface area contributed by atoms with E-state index < -0.39 is 0 Å². The van der Waals surface area contributed by atoms with Crippen LogP contribution in [0.5, 0.6) is 0 Å². The number of rotatable bonds is 6. The Labute approximate surface area is 172 Å². The summed E-state index contributed by atoms with van der Waals surface area (Å²) in [5.74, 6) is -0.182. The van der Waals surface area contributed by atoms with Gasteiger partial charge in [-0.2, -0.15) is 0 Å². The minimum Gasteiger partial charge on any atom is -0.296 e. The Hall–Kier alpha value is -2.97. The van der Waals surface area contributed by atoms with Gasteiger partial charge in [-0.05, 0) is 52.8 Å². The zero-order valence-corrected chi connectivity index (χ0v) is 16.6. The van der Waals surface area contributed by atoms with Gasteiger partial charge in [-0.3, -0.25) is 4.90 Å². The summed E-state index contributed by atoms with van der Waals surface area (Å²) in [4.78, 5) is 2.46. The van der Waals surface area contributed by atoms with E-state index in [2.05, 4.69) is 71.7 Å². The number of hydrogen-bond donors (Lipinski definition) is 0. The normalized spacial score (nSPS) is 14.9. The van der Waals surface area contributed by atoms with Crippen LogP contribution in [-0.2, 0) is 6.42 Å². The quantitative estimate of drug-likeness (QED) is 0.488. The zero-order valence-electron chi connectivity index (χ0n) is 16.6. The van der Waals surface area contributed by atoms with Gasteiger partial charge in [-0.25, -0.2) is 4.39 Å². The van der Waals surface area contributed by atoms with E-state index in [1.807, 2.05) is 18.2 Å². The van der Waals surface area contributed by atoms with Crippen LogP contribution in [0.2, 0.25) is 0 Å². The van der Waals surface area contributed by atoms with Crippen LogP contribution in [0.15, 0.2) is 91.0 Å². The molecule has 0 saturated heterocycles. The molecule has 1 aliphatic rings. The third-order valence-corrected chi connectivity index (χ3v) is 5.41. The van der Waals surface area contributed by atoms with Crippen molar-refractivity contribution < 1.29 is 4.39 Å². The molecule has 0 saturated carbocycles. The zero-order chi connectivity index (χ0) is 19.9. The summed E-state index contributed by atoms with van der Waals surface area (Å²) in [6.07, 6.45) is 8.71. The molecule has 0 bridgehead atoms. The Balaban J connectivity index is 1.31. The Morgan fingerprint density at radius 1 is 0.828 bits per heavy atom. The first-order valence-corrected chi connectivity index (χ1v) is 10.2. The fourth-order valence-corrected chi connectivity index (χ4v) is 3.72. The Kier molecular flexibility index (Phi) is 6.33. The van der Waals surface area contributed by atoms with Crippen molar-refractivity contribution in [2.75, 3.05) is 19.6 Å². The maximum Gasteiger partial charge on any atom is 0.123 e. The molecule has 0 spiro atoms. The van der Waals surface area contributed by atoms with E-state index in [0.717, 1.165) is 38.0 Å². The molecule has 0 aromatic heterocycles. The molecule has 146 valence electrons. The highest BCUT2D eigenvalue weighted by molar-refractivity contribution is 5.66. The molecule has 29 heavy (non-hydrogen) atoms. The molecule has 0 N–H and O–H groups in total. The predicted molar refractivity (Wildman–Crippen MR) is 120 cm³/mol. The van der Waals surface area contributed by atoms with Crippen molar-refractivity contribution in [3.8, 4) is 0 Å². The molecule has 3 aromatic rings. The Morgan fingerprint density at radius 3 is 2.17 bits per heavy atom. The van der Waals surface area contributed by atoms with E-state index in [0.29, 0.717) is 0 Å². The number of halogens is 1. The lowest BCUT2D eigenvalue weighted by atomic mass is 9.97. The molecule has 1 heterocycles. The summed E-state index contributed by atoms with van der Waals surface area (Å²) in [7, 11) is 0. The summed E-state index contributed by atoms with van der Waals surface area (Å²) >= 11 is 0. The minimum absolute atomic E-state index is 0.182. The van der Waals surface area contributed by atoms with Crippen LogP contribution in [0, 0.1) is 5.82 Å². The van der Waals surface area contributed by atoms with Crippen molar-refractivity contribution >= 4 is 11.6 Å². The van der Waals surface area contributed by atoms with Crippen molar-refractivity contribution in [1.82, 2.24) is 4.90 Å². The van der Waals surface area contributed by atoms with Gasteiger partial charge in [0.2, 0.25) is 0 Å². The molecule has 0 aliphatic carbocycles. The molecule has 1 aliphatic heterocycles. The standard InChI is InChI=1S/C27H26FN/c28-27-14-10-24(11-15-27)21-23-8-12-25(13-9-23)26-16-19-29(20-17-26)18-4-7-22-5-2-1-3-6-22/h1-16H,17-21H2. The highest BCUT2D eigenvalue weighted by atomic mass is 19.1. The number of benzene rings is 3. The van der Waals surface area contributed by atoms with Crippen molar-refractivity contribution in [2.24, 2.45) is 0 Å². The van der Waals surface area contributed by atoms with E-state index in [1.165, 1.54) is 34.4 Å². The molecule has 0 atom stereocenters. The van der Waals surface area contributed by atoms with Gasteiger partial charge in [0, 0.05) is 19.6 Å². The smallest absolute Gasteiger partial charge is 0.123 e.